The lowest BCUT2D eigenvalue weighted by atomic mass is 9.82. The van der Waals surface area contributed by atoms with E-state index in [0.717, 1.165) is 11.4 Å². The van der Waals surface area contributed by atoms with Gasteiger partial charge in [-0.2, -0.15) is 14.7 Å². The smallest absolute Gasteiger partial charge is 0.435 e. The van der Waals surface area contributed by atoms with Crippen LogP contribution in [0.2, 0.25) is 0 Å². The molecule has 1 heterocycles. The molecular formula is C26H32N3O4+. The molecule has 0 bridgehead atoms. The van der Waals surface area contributed by atoms with Crippen LogP contribution in [0.4, 0.5) is 16.2 Å². The number of benzene rings is 2. The number of anilines is 1. The highest BCUT2D eigenvalue weighted by Gasteiger charge is 2.43. The van der Waals surface area contributed by atoms with Crippen LogP contribution in [0.5, 0.6) is 0 Å². The van der Waals surface area contributed by atoms with Crippen molar-refractivity contribution in [1.29, 1.82) is 0 Å². The molecule has 0 unspecified atom stereocenters. The largest absolute Gasteiger partial charge is 0.462 e. The van der Waals surface area contributed by atoms with Gasteiger partial charge >= 0.3 is 12.1 Å². The van der Waals surface area contributed by atoms with Gasteiger partial charge < -0.3 is 9.47 Å². The Kier molecular flexibility index (Phi) is 6.72. The maximum Gasteiger partial charge on any atom is 0.435 e. The number of para-hydroxylation sites is 1. The van der Waals surface area contributed by atoms with E-state index in [1.54, 1.807) is 58.2 Å². The van der Waals surface area contributed by atoms with E-state index in [9.17, 15) is 9.59 Å². The second kappa shape index (κ2) is 9.17. The average Bonchev–Trinajstić information content (AvgIpc) is 2.93. The van der Waals surface area contributed by atoms with Gasteiger partial charge in [-0.05, 0) is 59.7 Å². The van der Waals surface area contributed by atoms with Crippen molar-refractivity contribution in [2.75, 3.05) is 18.7 Å². The van der Waals surface area contributed by atoms with Crippen LogP contribution in [0, 0.1) is 0 Å². The van der Waals surface area contributed by atoms with Crippen molar-refractivity contribution in [1.82, 2.24) is 0 Å². The molecule has 0 atom stereocenters. The molecule has 0 saturated heterocycles. The summed E-state index contributed by atoms with van der Waals surface area (Å²) in [5.41, 5.74) is 2.93. The van der Waals surface area contributed by atoms with Crippen LogP contribution in [-0.4, -0.2) is 47.8 Å². The molecule has 7 heteroatoms. The number of esters is 1. The number of fused-ring (bicyclic) bond motifs is 1. The van der Waals surface area contributed by atoms with Crippen molar-refractivity contribution in [2.24, 2.45) is 5.10 Å². The normalized spacial score (nSPS) is 14.9. The molecule has 0 saturated carbocycles. The fourth-order valence-corrected chi connectivity index (χ4v) is 3.85. The summed E-state index contributed by atoms with van der Waals surface area (Å²) in [6.45, 7) is 11.6. The molecule has 2 aromatic rings. The molecule has 2 aromatic carbocycles. The van der Waals surface area contributed by atoms with Crippen LogP contribution in [0.1, 0.15) is 57.5 Å². The third kappa shape index (κ3) is 5.13. The molecule has 33 heavy (non-hydrogen) atoms. The topological polar surface area (TPSA) is 71.2 Å². The molecule has 0 spiro atoms. The number of amides is 1. The number of rotatable bonds is 5. The molecule has 1 aliphatic rings. The molecule has 0 aromatic heterocycles. The highest BCUT2D eigenvalue weighted by molar-refractivity contribution is 6.33. The van der Waals surface area contributed by atoms with Gasteiger partial charge in [0, 0.05) is 11.6 Å². The minimum absolute atomic E-state index is 0.261. The lowest BCUT2D eigenvalue weighted by Crippen LogP contribution is -2.35. The number of carbonyl (C=O) groups excluding carboxylic acids is 2. The van der Waals surface area contributed by atoms with Crippen molar-refractivity contribution in [3.05, 3.63) is 59.7 Å². The zero-order valence-electron chi connectivity index (χ0n) is 20.4. The third-order valence-corrected chi connectivity index (χ3v) is 5.40. The van der Waals surface area contributed by atoms with Crippen molar-refractivity contribution in [3.63, 3.8) is 0 Å². The first-order chi connectivity index (χ1) is 15.5. The zero-order chi connectivity index (χ0) is 24.4. The van der Waals surface area contributed by atoms with Gasteiger partial charge in [-0.25, -0.2) is 9.59 Å². The molecule has 1 amide bonds. The van der Waals surface area contributed by atoms with Crippen molar-refractivity contribution < 1.29 is 23.6 Å². The van der Waals surface area contributed by atoms with E-state index >= 15 is 0 Å². The number of hydrazone groups is 1. The Labute approximate surface area is 195 Å². The molecule has 7 nitrogen and oxygen atoms in total. The average molecular weight is 451 g/mol. The summed E-state index contributed by atoms with van der Waals surface area (Å²) >= 11 is 0. The minimum Gasteiger partial charge on any atom is -0.462 e. The van der Waals surface area contributed by atoms with Crippen molar-refractivity contribution in [2.45, 2.75) is 52.6 Å². The first-order valence-electron chi connectivity index (χ1n) is 11.0. The number of hydrogen-bond acceptors (Lipinski definition) is 5. The van der Waals surface area contributed by atoms with Gasteiger partial charge in [-0.1, -0.05) is 24.3 Å². The minimum atomic E-state index is -0.712. The van der Waals surface area contributed by atoms with Gasteiger partial charge in [-0.15, -0.1) is 0 Å². The SMILES string of the molecule is CCOC(=O)c1cccc(N(/N=C/C2=[N+](C)c3ccccc3C2(C)C)C(=O)OC(C)(C)C)c1. The van der Waals surface area contributed by atoms with E-state index in [2.05, 4.69) is 35.7 Å². The standard InChI is InChI=1S/C26H32N3O4/c1-8-32-23(30)18-12-11-13-19(16-18)29(24(31)33-25(2,3)4)27-17-22-26(5,6)20-14-9-10-15-21(20)28(22)7/h9-17H,8H2,1-7H3/q+1. The molecule has 0 N–H and O–H groups in total. The highest BCUT2D eigenvalue weighted by Crippen LogP contribution is 2.38. The molecule has 0 aliphatic carbocycles. The fraction of sp³-hybridized carbons (Fsp3) is 0.385. The predicted octanol–water partition coefficient (Wildman–Crippen LogP) is 5.30. The summed E-state index contributed by atoms with van der Waals surface area (Å²) in [5.74, 6) is -0.464. The van der Waals surface area contributed by atoms with Crippen molar-refractivity contribution in [3.8, 4) is 0 Å². The van der Waals surface area contributed by atoms with E-state index in [0.29, 0.717) is 11.3 Å². The van der Waals surface area contributed by atoms with Crippen LogP contribution < -0.4 is 5.01 Å². The Morgan fingerprint density at radius 2 is 1.82 bits per heavy atom. The molecule has 0 radical (unpaired) electrons. The van der Waals surface area contributed by atoms with Gasteiger partial charge in [0.15, 0.2) is 0 Å². The number of nitrogens with zero attached hydrogens (tertiary/aromatic N) is 3. The first kappa shape index (κ1) is 24.2. The maximum atomic E-state index is 13.1. The van der Waals surface area contributed by atoms with Gasteiger partial charge in [-0.3, -0.25) is 0 Å². The van der Waals surface area contributed by atoms with Crippen LogP contribution in [0.3, 0.4) is 0 Å². The van der Waals surface area contributed by atoms with Crippen LogP contribution in [0.15, 0.2) is 53.6 Å². The monoisotopic (exact) mass is 450 g/mol. The zero-order valence-corrected chi connectivity index (χ0v) is 20.4. The number of hydrogen-bond donors (Lipinski definition) is 0. The molecule has 174 valence electrons. The Morgan fingerprint density at radius 1 is 1.12 bits per heavy atom. The Balaban J connectivity index is 2.03. The predicted molar refractivity (Wildman–Crippen MR) is 130 cm³/mol. The quantitative estimate of drug-likeness (QED) is 0.268. The summed E-state index contributed by atoms with van der Waals surface area (Å²) in [4.78, 5) is 25.3. The third-order valence-electron chi connectivity index (χ3n) is 5.40. The van der Waals surface area contributed by atoms with E-state index in [1.165, 1.54) is 10.6 Å². The Hall–Kier alpha value is -3.48. The van der Waals surface area contributed by atoms with Gasteiger partial charge in [0.25, 0.3) is 0 Å². The Morgan fingerprint density at radius 3 is 2.45 bits per heavy atom. The number of ether oxygens (including phenoxy) is 2. The maximum absolute atomic E-state index is 13.1. The molecule has 1 aliphatic heterocycles. The summed E-state index contributed by atoms with van der Waals surface area (Å²) in [7, 11) is 1.98. The lowest BCUT2D eigenvalue weighted by molar-refractivity contribution is -0.400. The Bertz CT molecular complexity index is 1130. The second-order valence-corrected chi connectivity index (χ2v) is 9.39. The van der Waals surface area contributed by atoms with Crippen LogP contribution in [-0.2, 0) is 14.9 Å². The number of carbonyl (C=O) groups is 2. The highest BCUT2D eigenvalue weighted by atomic mass is 16.6. The van der Waals surface area contributed by atoms with Gasteiger partial charge in [0.1, 0.15) is 18.9 Å². The van der Waals surface area contributed by atoms with Gasteiger partial charge in [0.2, 0.25) is 11.4 Å². The second-order valence-electron chi connectivity index (χ2n) is 9.39. The lowest BCUT2D eigenvalue weighted by Gasteiger charge is -2.24. The first-order valence-corrected chi connectivity index (χ1v) is 11.0. The van der Waals surface area contributed by atoms with E-state index < -0.39 is 17.7 Å². The summed E-state index contributed by atoms with van der Waals surface area (Å²) in [6, 6.07) is 14.8. The van der Waals surface area contributed by atoms with E-state index in [1.807, 2.05) is 19.2 Å². The fourth-order valence-electron chi connectivity index (χ4n) is 3.85. The summed E-state index contributed by atoms with van der Waals surface area (Å²) in [6.07, 6.45) is 1.04. The van der Waals surface area contributed by atoms with Crippen LogP contribution in [0.25, 0.3) is 0 Å². The van der Waals surface area contributed by atoms with Gasteiger partial charge in [0.05, 0.1) is 23.3 Å². The summed E-state index contributed by atoms with van der Waals surface area (Å²) < 4.78 is 12.8. The molecule has 0 fully saturated rings. The summed E-state index contributed by atoms with van der Waals surface area (Å²) in [5, 5.41) is 5.71. The van der Waals surface area contributed by atoms with Crippen LogP contribution >= 0.6 is 0 Å². The van der Waals surface area contributed by atoms with E-state index in [4.69, 9.17) is 9.47 Å². The van der Waals surface area contributed by atoms with E-state index in [-0.39, 0.29) is 12.0 Å². The van der Waals surface area contributed by atoms with Crippen molar-refractivity contribution >= 4 is 35.4 Å². The molecule has 3 rings (SSSR count). The molecular weight excluding hydrogens is 418 g/mol.